The van der Waals surface area contributed by atoms with E-state index in [2.05, 4.69) is 4.98 Å². The maximum Gasteiger partial charge on any atom is 0.244 e. The lowest BCUT2D eigenvalue weighted by molar-refractivity contribution is -0.127. The van der Waals surface area contributed by atoms with Gasteiger partial charge in [0.15, 0.2) is 0 Å². The average Bonchev–Trinajstić information content (AvgIpc) is 2.78. The van der Waals surface area contributed by atoms with Gasteiger partial charge in [-0.15, -0.1) is 0 Å². The van der Waals surface area contributed by atoms with Gasteiger partial charge in [0.2, 0.25) is 15.9 Å². The largest absolute Gasteiger partial charge is 0.341 e. The van der Waals surface area contributed by atoms with Gasteiger partial charge in [0.05, 0.1) is 10.8 Å². The number of carbonyl (C=O) groups is 1. The zero-order valence-corrected chi connectivity index (χ0v) is 19.2. The van der Waals surface area contributed by atoms with Gasteiger partial charge in [-0.1, -0.05) is 61.4 Å². The average molecular weight is 448 g/mol. The molecule has 1 aliphatic rings. The topological polar surface area (TPSA) is 70.6 Å². The van der Waals surface area contributed by atoms with Gasteiger partial charge in [0, 0.05) is 32.9 Å². The molecule has 2 aromatic rings. The molecule has 0 radical (unpaired) electrons. The quantitative estimate of drug-likeness (QED) is 0.576. The van der Waals surface area contributed by atoms with Crippen molar-refractivity contribution in [2.24, 2.45) is 0 Å². The number of benzene rings is 1. The molecule has 0 unspecified atom stereocenters. The fourth-order valence-electron chi connectivity index (χ4n) is 3.60. The first-order valence-electron chi connectivity index (χ1n) is 10.2. The van der Waals surface area contributed by atoms with Crippen LogP contribution in [0.5, 0.6) is 0 Å². The first-order valence-corrected chi connectivity index (χ1v) is 12.7. The second-order valence-electron chi connectivity index (χ2n) is 7.67. The van der Waals surface area contributed by atoms with Crippen molar-refractivity contribution in [2.75, 3.05) is 19.8 Å². The number of hydrogen-bond donors (Lipinski definition) is 0. The molecule has 1 aromatic heterocycles. The molecule has 0 aliphatic heterocycles. The van der Waals surface area contributed by atoms with Crippen molar-refractivity contribution < 1.29 is 13.2 Å². The van der Waals surface area contributed by atoms with Gasteiger partial charge in [-0.25, -0.2) is 13.4 Å². The van der Waals surface area contributed by atoms with Crippen molar-refractivity contribution in [1.29, 1.82) is 0 Å². The van der Waals surface area contributed by atoms with Gasteiger partial charge in [-0.05, 0) is 30.5 Å². The molecule has 1 heterocycles. The van der Waals surface area contributed by atoms with Crippen LogP contribution < -0.4 is 0 Å². The van der Waals surface area contributed by atoms with E-state index in [1.165, 1.54) is 28.7 Å². The number of carbonyl (C=O) groups excluding carboxylic acids is 1. The zero-order valence-electron chi connectivity index (χ0n) is 17.5. The highest BCUT2D eigenvalue weighted by atomic mass is 32.2. The summed E-state index contributed by atoms with van der Waals surface area (Å²) < 4.78 is 27.3. The summed E-state index contributed by atoms with van der Waals surface area (Å²) in [5, 5.41) is 0.635. The van der Waals surface area contributed by atoms with Crippen molar-refractivity contribution in [3.05, 3.63) is 54.2 Å². The molecule has 8 heteroatoms. The number of thioether (sulfide) groups is 1. The fourth-order valence-corrected chi connectivity index (χ4v) is 5.75. The SMILES string of the molecule is CN(Cc1ccccc1)C(=O)CSc1ccc(S(=O)(=O)N(C)C2CCCCC2)cn1. The summed E-state index contributed by atoms with van der Waals surface area (Å²) in [6.07, 6.45) is 6.55. The fraction of sp³-hybridized carbons (Fsp3) is 0.455. The Hall–Kier alpha value is -1.90. The molecule has 1 saturated carbocycles. The zero-order chi connectivity index (χ0) is 21.6. The molecule has 0 saturated heterocycles. The number of sulfonamides is 1. The minimum atomic E-state index is -3.55. The molecule has 1 aliphatic carbocycles. The molecular formula is C22H29N3O3S2. The van der Waals surface area contributed by atoms with E-state index in [9.17, 15) is 13.2 Å². The Balaban J connectivity index is 1.55. The number of nitrogens with zero attached hydrogens (tertiary/aromatic N) is 3. The molecule has 1 amide bonds. The summed E-state index contributed by atoms with van der Waals surface area (Å²) in [4.78, 5) is 18.5. The van der Waals surface area contributed by atoms with E-state index in [1.807, 2.05) is 30.3 Å². The maximum atomic E-state index is 12.9. The van der Waals surface area contributed by atoms with Crippen LogP contribution in [0.3, 0.4) is 0 Å². The van der Waals surface area contributed by atoms with Crippen molar-refractivity contribution in [1.82, 2.24) is 14.2 Å². The summed E-state index contributed by atoms with van der Waals surface area (Å²) in [5.41, 5.74) is 1.08. The van der Waals surface area contributed by atoms with E-state index in [0.29, 0.717) is 11.6 Å². The van der Waals surface area contributed by atoms with Gasteiger partial charge < -0.3 is 4.90 Å². The molecule has 1 aromatic carbocycles. The maximum absolute atomic E-state index is 12.9. The molecular weight excluding hydrogens is 418 g/mol. The number of hydrogen-bond acceptors (Lipinski definition) is 5. The van der Waals surface area contributed by atoms with Crippen LogP contribution in [-0.2, 0) is 21.4 Å². The normalized spacial score (nSPS) is 15.3. The summed E-state index contributed by atoms with van der Waals surface area (Å²) >= 11 is 1.31. The Morgan fingerprint density at radius 3 is 2.40 bits per heavy atom. The van der Waals surface area contributed by atoms with Gasteiger partial charge in [0.1, 0.15) is 4.90 Å². The number of amides is 1. The van der Waals surface area contributed by atoms with E-state index in [1.54, 1.807) is 31.1 Å². The van der Waals surface area contributed by atoms with E-state index in [4.69, 9.17) is 0 Å². The van der Waals surface area contributed by atoms with Crippen LogP contribution in [0.1, 0.15) is 37.7 Å². The monoisotopic (exact) mass is 447 g/mol. The number of rotatable bonds is 8. The second-order valence-corrected chi connectivity index (χ2v) is 10.7. The highest BCUT2D eigenvalue weighted by molar-refractivity contribution is 7.99. The minimum absolute atomic E-state index is 0.000571. The minimum Gasteiger partial charge on any atom is -0.341 e. The van der Waals surface area contributed by atoms with Crippen LogP contribution in [0.15, 0.2) is 58.6 Å². The number of pyridine rings is 1. The van der Waals surface area contributed by atoms with Gasteiger partial charge in [-0.2, -0.15) is 4.31 Å². The van der Waals surface area contributed by atoms with E-state index in [0.717, 1.165) is 31.2 Å². The Bertz CT molecular complexity index is 928. The first-order chi connectivity index (χ1) is 14.4. The predicted molar refractivity (Wildman–Crippen MR) is 120 cm³/mol. The van der Waals surface area contributed by atoms with Crippen LogP contribution >= 0.6 is 11.8 Å². The highest BCUT2D eigenvalue weighted by Gasteiger charge is 2.29. The van der Waals surface area contributed by atoms with Crippen molar-refractivity contribution in [3.8, 4) is 0 Å². The lowest BCUT2D eigenvalue weighted by atomic mass is 9.96. The van der Waals surface area contributed by atoms with Crippen LogP contribution in [0.2, 0.25) is 0 Å². The molecule has 0 bridgehead atoms. The summed E-state index contributed by atoms with van der Waals surface area (Å²) in [6.45, 7) is 0.554. The van der Waals surface area contributed by atoms with Crippen molar-refractivity contribution >= 4 is 27.7 Å². The van der Waals surface area contributed by atoms with Gasteiger partial charge in [-0.3, -0.25) is 4.79 Å². The summed E-state index contributed by atoms with van der Waals surface area (Å²) in [6, 6.07) is 13.2. The summed E-state index contributed by atoms with van der Waals surface area (Å²) in [7, 11) is -0.108. The van der Waals surface area contributed by atoms with E-state index in [-0.39, 0.29) is 22.6 Å². The highest BCUT2D eigenvalue weighted by Crippen LogP contribution is 2.27. The molecule has 0 N–H and O–H groups in total. The third-order valence-electron chi connectivity index (χ3n) is 5.51. The third kappa shape index (κ3) is 5.83. The first kappa shape index (κ1) is 22.8. The molecule has 162 valence electrons. The summed E-state index contributed by atoms with van der Waals surface area (Å²) in [5.74, 6) is 0.254. The van der Waals surface area contributed by atoms with Crippen LogP contribution in [-0.4, -0.2) is 54.4 Å². The molecule has 0 spiro atoms. The van der Waals surface area contributed by atoms with E-state index < -0.39 is 10.0 Å². The Kier molecular flexibility index (Phi) is 7.91. The lowest BCUT2D eigenvalue weighted by Gasteiger charge is -2.30. The number of aromatic nitrogens is 1. The van der Waals surface area contributed by atoms with Gasteiger partial charge >= 0.3 is 0 Å². The van der Waals surface area contributed by atoms with E-state index >= 15 is 0 Å². The lowest BCUT2D eigenvalue weighted by Crippen LogP contribution is -2.38. The molecule has 1 fully saturated rings. The van der Waals surface area contributed by atoms with Crippen LogP contribution in [0, 0.1) is 0 Å². The molecule has 3 rings (SSSR count). The predicted octanol–water partition coefficient (Wildman–Crippen LogP) is 3.79. The van der Waals surface area contributed by atoms with Gasteiger partial charge in [0.25, 0.3) is 0 Å². The molecule has 0 atom stereocenters. The van der Waals surface area contributed by atoms with Crippen molar-refractivity contribution in [2.45, 2.75) is 54.6 Å². The smallest absolute Gasteiger partial charge is 0.244 e. The Morgan fingerprint density at radius 1 is 1.07 bits per heavy atom. The van der Waals surface area contributed by atoms with Crippen molar-refractivity contribution in [3.63, 3.8) is 0 Å². The molecule has 30 heavy (non-hydrogen) atoms. The standard InChI is InChI=1S/C22H29N3O3S2/c1-24(16-18-9-5-3-6-10-18)22(26)17-29-21-14-13-20(15-23-21)30(27,28)25(2)19-11-7-4-8-12-19/h3,5-6,9-10,13-15,19H,4,7-8,11-12,16-17H2,1-2H3. The Morgan fingerprint density at radius 2 is 1.77 bits per heavy atom. The Labute approximate surface area is 183 Å². The van der Waals surface area contributed by atoms with Crippen LogP contribution in [0.4, 0.5) is 0 Å². The van der Waals surface area contributed by atoms with Crippen LogP contribution in [0.25, 0.3) is 0 Å². The molecule has 6 nitrogen and oxygen atoms in total. The second kappa shape index (κ2) is 10.4. The third-order valence-corrected chi connectivity index (χ3v) is 8.33.